The molecule has 0 rings (SSSR count). The summed E-state index contributed by atoms with van der Waals surface area (Å²) in [6.45, 7) is 13.2. The highest BCUT2D eigenvalue weighted by Gasteiger charge is 2.28. The third kappa shape index (κ3) is 7.84. The van der Waals surface area contributed by atoms with Crippen molar-refractivity contribution in [2.75, 3.05) is 0 Å². The molecule has 0 saturated heterocycles. The molecular formula is C14H30O. The van der Waals surface area contributed by atoms with Crippen LogP contribution in [-0.2, 0) is 0 Å². The van der Waals surface area contributed by atoms with E-state index in [2.05, 4.69) is 41.5 Å². The highest BCUT2D eigenvalue weighted by molar-refractivity contribution is 4.81. The second-order valence-corrected chi connectivity index (χ2v) is 6.35. The maximum Gasteiger partial charge on any atom is 0.0652 e. The van der Waals surface area contributed by atoms with E-state index in [0.717, 1.165) is 25.7 Å². The molecule has 0 atom stereocenters. The predicted octanol–water partition coefficient (Wildman–Crippen LogP) is 4.25. The first-order valence-electron chi connectivity index (χ1n) is 6.47. The smallest absolute Gasteiger partial charge is 0.0652 e. The molecule has 0 saturated carbocycles. The van der Waals surface area contributed by atoms with Gasteiger partial charge in [0.2, 0.25) is 0 Å². The van der Waals surface area contributed by atoms with E-state index >= 15 is 0 Å². The van der Waals surface area contributed by atoms with Crippen molar-refractivity contribution in [1.82, 2.24) is 0 Å². The molecule has 0 aromatic carbocycles. The third-order valence-electron chi connectivity index (χ3n) is 2.76. The summed E-state index contributed by atoms with van der Waals surface area (Å²) in [4.78, 5) is 0. The molecule has 0 unspecified atom stereocenters. The molecule has 0 aromatic rings. The Morgan fingerprint density at radius 2 is 1.20 bits per heavy atom. The first-order valence-corrected chi connectivity index (χ1v) is 6.47. The van der Waals surface area contributed by atoms with Crippen LogP contribution in [0.25, 0.3) is 0 Å². The fourth-order valence-corrected chi connectivity index (χ4v) is 2.36. The van der Waals surface area contributed by atoms with Crippen LogP contribution in [-0.4, -0.2) is 10.7 Å². The van der Waals surface area contributed by atoms with Crippen molar-refractivity contribution in [3.8, 4) is 0 Å². The average Bonchev–Trinajstić information content (AvgIpc) is 1.97. The van der Waals surface area contributed by atoms with Crippen LogP contribution in [0.1, 0.15) is 67.2 Å². The zero-order valence-corrected chi connectivity index (χ0v) is 11.5. The molecule has 0 fully saturated rings. The van der Waals surface area contributed by atoms with Gasteiger partial charge in [0.25, 0.3) is 0 Å². The topological polar surface area (TPSA) is 20.2 Å². The number of hydrogen-bond acceptors (Lipinski definition) is 1. The fourth-order valence-electron chi connectivity index (χ4n) is 2.36. The van der Waals surface area contributed by atoms with Crippen LogP contribution in [0.3, 0.4) is 0 Å². The van der Waals surface area contributed by atoms with Gasteiger partial charge in [0, 0.05) is 0 Å². The van der Waals surface area contributed by atoms with Crippen LogP contribution < -0.4 is 0 Å². The molecule has 0 aliphatic carbocycles. The average molecular weight is 214 g/mol. The Kier molecular flexibility index (Phi) is 6.51. The summed E-state index contributed by atoms with van der Waals surface area (Å²) < 4.78 is 0. The maximum atomic E-state index is 10.6. The van der Waals surface area contributed by atoms with Crippen LogP contribution in [0, 0.1) is 17.8 Å². The molecular weight excluding hydrogens is 184 g/mol. The zero-order chi connectivity index (χ0) is 12.1. The molecule has 0 aromatic heterocycles. The Hall–Kier alpha value is -0.0400. The van der Waals surface area contributed by atoms with Gasteiger partial charge in [0.1, 0.15) is 0 Å². The van der Waals surface area contributed by atoms with Crippen molar-refractivity contribution >= 4 is 0 Å². The summed E-state index contributed by atoms with van der Waals surface area (Å²) in [5.41, 5.74) is -0.424. The van der Waals surface area contributed by atoms with Gasteiger partial charge in [-0.15, -0.1) is 0 Å². The lowest BCUT2D eigenvalue weighted by molar-refractivity contribution is -0.0115. The molecule has 0 aliphatic heterocycles. The number of rotatable bonds is 7. The van der Waals surface area contributed by atoms with Gasteiger partial charge in [-0.25, -0.2) is 0 Å². The SMILES string of the molecule is CC(C)CCC(O)(CC(C)C)CC(C)C. The normalized spacial score (nSPS) is 13.2. The first kappa shape index (κ1) is 15.0. The lowest BCUT2D eigenvalue weighted by atomic mass is 9.80. The molecule has 92 valence electrons. The Labute approximate surface area is 96.3 Å². The van der Waals surface area contributed by atoms with Crippen LogP contribution >= 0.6 is 0 Å². The minimum atomic E-state index is -0.424. The number of aliphatic hydroxyl groups is 1. The van der Waals surface area contributed by atoms with Gasteiger partial charge < -0.3 is 5.11 Å². The van der Waals surface area contributed by atoms with Crippen molar-refractivity contribution in [3.05, 3.63) is 0 Å². The molecule has 1 nitrogen and oxygen atoms in total. The second kappa shape index (κ2) is 6.52. The van der Waals surface area contributed by atoms with Gasteiger partial charge in [-0.05, 0) is 43.4 Å². The highest BCUT2D eigenvalue weighted by atomic mass is 16.3. The van der Waals surface area contributed by atoms with E-state index in [4.69, 9.17) is 0 Å². The highest BCUT2D eigenvalue weighted by Crippen LogP contribution is 2.30. The van der Waals surface area contributed by atoms with Crippen molar-refractivity contribution in [2.45, 2.75) is 72.8 Å². The Bertz CT molecular complexity index is 149. The van der Waals surface area contributed by atoms with E-state index in [1.54, 1.807) is 0 Å². The minimum absolute atomic E-state index is 0.424. The van der Waals surface area contributed by atoms with Gasteiger partial charge in [0.05, 0.1) is 5.60 Å². The monoisotopic (exact) mass is 214 g/mol. The van der Waals surface area contributed by atoms with Crippen molar-refractivity contribution < 1.29 is 5.11 Å². The summed E-state index contributed by atoms with van der Waals surface area (Å²) in [6, 6.07) is 0. The summed E-state index contributed by atoms with van der Waals surface area (Å²) in [7, 11) is 0. The van der Waals surface area contributed by atoms with E-state index in [0.29, 0.717) is 17.8 Å². The third-order valence-corrected chi connectivity index (χ3v) is 2.76. The summed E-state index contributed by atoms with van der Waals surface area (Å²) in [6.07, 6.45) is 3.98. The first-order chi connectivity index (χ1) is 6.75. The van der Waals surface area contributed by atoms with Crippen molar-refractivity contribution in [3.63, 3.8) is 0 Å². The molecule has 1 heteroatoms. The molecule has 15 heavy (non-hydrogen) atoms. The van der Waals surface area contributed by atoms with Crippen LogP contribution in [0.15, 0.2) is 0 Å². The van der Waals surface area contributed by atoms with Gasteiger partial charge >= 0.3 is 0 Å². The van der Waals surface area contributed by atoms with Crippen LogP contribution in [0.2, 0.25) is 0 Å². The zero-order valence-electron chi connectivity index (χ0n) is 11.5. The minimum Gasteiger partial charge on any atom is -0.390 e. The lowest BCUT2D eigenvalue weighted by Crippen LogP contribution is -2.32. The van der Waals surface area contributed by atoms with Crippen LogP contribution in [0.4, 0.5) is 0 Å². The van der Waals surface area contributed by atoms with E-state index < -0.39 is 5.60 Å². The molecule has 0 aliphatic rings. The fraction of sp³-hybridized carbons (Fsp3) is 1.00. The van der Waals surface area contributed by atoms with Gasteiger partial charge in [-0.2, -0.15) is 0 Å². The molecule has 0 bridgehead atoms. The van der Waals surface area contributed by atoms with Gasteiger partial charge in [-0.1, -0.05) is 41.5 Å². The quantitative estimate of drug-likeness (QED) is 0.672. The Morgan fingerprint density at radius 1 is 0.800 bits per heavy atom. The molecule has 1 N–H and O–H groups in total. The Morgan fingerprint density at radius 3 is 1.47 bits per heavy atom. The number of hydrogen-bond donors (Lipinski definition) is 1. The van der Waals surface area contributed by atoms with E-state index in [1.807, 2.05) is 0 Å². The maximum absolute atomic E-state index is 10.6. The predicted molar refractivity (Wildman–Crippen MR) is 67.9 cm³/mol. The second-order valence-electron chi connectivity index (χ2n) is 6.35. The van der Waals surface area contributed by atoms with Crippen LogP contribution in [0.5, 0.6) is 0 Å². The van der Waals surface area contributed by atoms with Crippen molar-refractivity contribution in [1.29, 1.82) is 0 Å². The van der Waals surface area contributed by atoms with Crippen molar-refractivity contribution in [2.24, 2.45) is 17.8 Å². The van der Waals surface area contributed by atoms with E-state index in [9.17, 15) is 5.11 Å². The van der Waals surface area contributed by atoms with E-state index in [1.165, 1.54) is 0 Å². The largest absolute Gasteiger partial charge is 0.390 e. The molecule has 0 amide bonds. The van der Waals surface area contributed by atoms with E-state index in [-0.39, 0.29) is 0 Å². The summed E-state index contributed by atoms with van der Waals surface area (Å²) >= 11 is 0. The summed E-state index contributed by atoms with van der Waals surface area (Å²) in [5.74, 6) is 1.86. The molecule has 0 radical (unpaired) electrons. The molecule has 0 heterocycles. The Balaban J connectivity index is 4.26. The van der Waals surface area contributed by atoms with Gasteiger partial charge in [0.15, 0.2) is 0 Å². The standard InChI is InChI=1S/C14H30O/c1-11(2)7-8-14(15,9-12(3)4)10-13(5)6/h11-13,15H,7-10H2,1-6H3. The lowest BCUT2D eigenvalue weighted by Gasteiger charge is -2.32. The van der Waals surface area contributed by atoms with Gasteiger partial charge in [-0.3, -0.25) is 0 Å². The molecule has 0 spiro atoms. The summed E-state index contributed by atoms with van der Waals surface area (Å²) in [5, 5.41) is 10.6.